The maximum atomic E-state index is 9.50. The Morgan fingerprint density at radius 2 is 1.80 bits per heavy atom. The number of aliphatic hydroxyl groups is 1. The Morgan fingerprint density at radius 1 is 1.20 bits per heavy atom. The number of anilines is 1. The zero-order valence-electron chi connectivity index (χ0n) is 13.7. The van der Waals surface area contributed by atoms with Gasteiger partial charge in [-0.3, -0.25) is 0 Å². The van der Waals surface area contributed by atoms with E-state index in [-0.39, 0.29) is 12.1 Å². The van der Waals surface area contributed by atoms with E-state index in [0.717, 1.165) is 25.9 Å². The van der Waals surface area contributed by atoms with Crippen molar-refractivity contribution < 1.29 is 5.11 Å². The van der Waals surface area contributed by atoms with Gasteiger partial charge >= 0.3 is 0 Å². The number of aliphatic hydroxyl groups excluding tert-OH is 1. The smallest absolute Gasteiger partial charge is 0.0610 e. The van der Waals surface area contributed by atoms with Crippen molar-refractivity contribution in [1.29, 1.82) is 0 Å². The molecule has 3 heteroatoms. The van der Waals surface area contributed by atoms with Gasteiger partial charge in [-0.05, 0) is 63.4 Å². The third kappa shape index (κ3) is 5.14. The number of rotatable bonds is 8. The molecule has 0 heterocycles. The average molecular weight is 278 g/mol. The molecule has 0 aliphatic rings. The van der Waals surface area contributed by atoms with Crippen LogP contribution in [0.4, 0.5) is 5.69 Å². The largest absolute Gasteiger partial charge is 0.394 e. The van der Waals surface area contributed by atoms with Crippen molar-refractivity contribution in [2.24, 2.45) is 0 Å². The quantitative estimate of drug-likeness (QED) is 0.767. The average Bonchev–Trinajstić information content (AvgIpc) is 2.37. The first-order valence-electron chi connectivity index (χ1n) is 7.55. The maximum absolute atomic E-state index is 9.50. The van der Waals surface area contributed by atoms with Crippen LogP contribution in [0.15, 0.2) is 18.2 Å². The van der Waals surface area contributed by atoms with Crippen LogP contribution >= 0.6 is 0 Å². The number of benzene rings is 1. The van der Waals surface area contributed by atoms with Crippen LogP contribution in [0, 0.1) is 13.8 Å². The second kappa shape index (κ2) is 7.65. The lowest BCUT2D eigenvalue weighted by molar-refractivity contribution is 0.166. The molecule has 0 spiro atoms. The molecule has 1 atom stereocenters. The lowest BCUT2D eigenvalue weighted by Gasteiger charge is -2.29. The Bertz CT molecular complexity index is 399. The summed E-state index contributed by atoms with van der Waals surface area (Å²) in [5.74, 6) is 0. The van der Waals surface area contributed by atoms with Gasteiger partial charge in [-0.15, -0.1) is 0 Å². The van der Waals surface area contributed by atoms with Crippen LogP contribution in [0.1, 0.15) is 37.8 Å². The van der Waals surface area contributed by atoms with Gasteiger partial charge in [0, 0.05) is 24.8 Å². The number of nitrogens with zero attached hydrogens (tertiary/aromatic N) is 1. The Balaban J connectivity index is 2.52. The Hall–Kier alpha value is -1.06. The van der Waals surface area contributed by atoms with E-state index in [0.29, 0.717) is 0 Å². The minimum atomic E-state index is -0.155. The van der Waals surface area contributed by atoms with Crippen LogP contribution in [-0.4, -0.2) is 37.4 Å². The summed E-state index contributed by atoms with van der Waals surface area (Å²) in [5, 5.41) is 12.9. The van der Waals surface area contributed by atoms with Crippen molar-refractivity contribution in [3.8, 4) is 0 Å². The Kier molecular flexibility index (Phi) is 6.50. The van der Waals surface area contributed by atoms with E-state index in [1.807, 2.05) is 0 Å². The summed E-state index contributed by atoms with van der Waals surface area (Å²) in [5.41, 5.74) is 3.73. The molecule has 1 unspecified atom stereocenters. The molecule has 1 rings (SSSR count). The van der Waals surface area contributed by atoms with Gasteiger partial charge in [0.25, 0.3) is 0 Å². The van der Waals surface area contributed by atoms with Crippen molar-refractivity contribution >= 4 is 5.69 Å². The monoisotopic (exact) mass is 278 g/mol. The molecule has 20 heavy (non-hydrogen) atoms. The first kappa shape index (κ1) is 17.0. The predicted molar refractivity (Wildman–Crippen MR) is 87.6 cm³/mol. The van der Waals surface area contributed by atoms with Gasteiger partial charge in [0.15, 0.2) is 0 Å². The van der Waals surface area contributed by atoms with Gasteiger partial charge in [-0.2, -0.15) is 0 Å². The van der Waals surface area contributed by atoms with Crippen LogP contribution in [0.25, 0.3) is 0 Å². The first-order valence-corrected chi connectivity index (χ1v) is 7.55. The molecule has 1 aromatic rings. The highest BCUT2D eigenvalue weighted by molar-refractivity contribution is 5.50. The molecule has 3 nitrogen and oxygen atoms in total. The second-order valence-electron chi connectivity index (χ2n) is 6.12. The summed E-state index contributed by atoms with van der Waals surface area (Å²) in [7, 11) is 2.14. The molecule has 114 valence electrons. The highest BCUT2D eigenvalue weighted by atomic mass is 16.3. The van der Waals surface area contributed by atoms with Gasteiger partial charge in [0.2, 0.25) is 0 Å². The Morgan fingerprint density at radius 3 is 2.30 bits per heavy atom. The van der Waals surface area contributed by atoms with Crippen LogP contribution in [0.3, 0.4) is 0 Å². The van der Waals surface area contributed by atoms with E-state index in [4.69, 9.17) is 0 Å². The van der Waals surface area contributed by atoms with Crippen molar-refractivity contribution in [3.63, 3.8) is 0 Å². The van der Waals surface area contributed by atoms with Crippen molar-refractivity contribution in [2.45, 2.75) is 46.1 Å². The summed E-state index contributed by atoms with van der Waals surface area (Å²) in [6.45, 7) is 10.5. The number of hydrogen-bond donors (Lipinski definition) is 2. The topological polar surface area (TPSA) is 35.5 Å². The van der Waals surface area contributed by atoms with Crippen LogP contribution in [-0.2, 0) is 0 Å². The lowest BCUT2D eigenvalue weighted by Crippen LogP contribution is -2.46. The highest BCUT2D eigenvalue weighted by Crippen LogP contribution is 2.19. The molecule has 0 radical (unpaired) electrons. The number of likely N-dealkylation sites (N-methyl/N-ethyl adjacent to an activating group) is 1. The first-order chi connectivity index (χ1) is 9.40. The molecule has 0 aromatic heterocycles. The third-order valence-electron chi connectivity index (χ3n) is 3.82. The van der Waals surface area contributed by atoms with E-state index in [1.54, 1.807) is 0 Å². The van der Waals surface area contributed by atoms with Gasteiger partial charge < -0.3 is 15.3 Å². The maximum Gasteiger partial charge on any atom is 0.0610 e. The minimum absolute atomic E-state index is 0.155. The van der Waals surface area contributed by atoms with Gasteiger partial charge in [-0.25, -0.2) is 0 Å². The van der Waals surface area contributed by atoms with Crippen LogP contribution in [0.2, 0.25) is 0 Å². The summed E-state index contributed by atoms with van der Waals surface area (Å²) in [6.07, 6.45) is 2.04. The second-order valence-corrected chi connectivity index (χ2v) is 6.12. The Labute approximate surface area is 124 Å². The normalized spacial score (nSPS) is 14.1. The molecular formula is C17H30N2O. The molecule has 0 fully saturated rings. The summed E-state index contributed by atoms with van der Waals surface area (Å²) >= 11 is 0. The van der Waals surface area contributed by atoms with E-state index in [9.17, 15) is 5.11 Å². The van der Waals surface area contributed by atoms with E-state index >= 15 is 0 Å². The SMILES string of the molecule is CCNC(C)(CO)CCCN(C)c1cc(C)cc(C)c1. The molecule has 0 saturated carbocycles. The summed E-state index contributed by atoms with van der Waals surface area (Å²) in [4.78, 5) is 2.30. The fourth-order valence-corrected chi connectivity index (χ4v) is 2.66. The molecule has 0 bridgehead atoms. The van der Waals surface area contributed by atoms with Crippen LogP contribution < -0.4 is 10.2 Å². The molecule has 0 amide bonds. The fourth-order valence-electron chi connectivity index (χ4n) is 2.66. The number of aryl methyl sites for hydroxylation is 2. The molecule has 2 N–H and O–H groups in total. The van der Waals surface area contributed by atoms with Gasteiger partial charge in [0.05, 0.1) is 6.61 Å². The van der Waals surface area contributed by atoms with Crippen molar-refractivity contribution in [3.05, 3.63) is 29.3 Å². The fraction of sp³-hybridized carbons (Fsp3) is 0.647. The minimum Gasteiger partial charge on any atom is -0.394 e. The summed E-state index contributed by atoms with van der Waals surface area (Å²) in [6, 6.07) is 6.65. The van der Waals surface area contributed by atoms with Gasteiger partial charge in [-0.1, -0.05) is 13.0 Å². The molecule has 1 aromatic carbocycles. The van der Waals surface area contributed by atoms with E-state index < -0.39 is 0 Å². The van der Waals surface area contributed by atoms with Gasteiger partial charge in [0.1, 0.15) is 0 Å². The zero-order chi connectivity index (χ0) is 15.2. The molecular weight excluding hydrogens is 248 g/mol. The van der Waals surface area contributed by atoms with Crippen molar-refractivity contribution in [1.82, 2.24) is 5.32 Å². The highest BCUT2D eigenvalue weighted by Gasteiger charge is 2.21. The zero-order valence-corrected chi connectivity index (χ0v) is 13.7. The molecule has 0 saturated heterocycles. The summed E-state index contributed by atoms with van der Waals surface area (Å²) < 4.78 is 0. The molecule has 0 aliphatic carbocycles. The third-order valence-corrected chi connectivity index (χ3v) is 3.82. The van der Waals surface area contributed by atoms with Crippen LogP contribution in [0.5, 0.6) is 0 Å². The number of hydrogen-bond acceptors (Lipinski definition) is 3. The van der Waals surface area contributed by atoms with E-state index in [1.165, 1.54) is 16.8 Å². The lowest BCUT2D eigenvalue weighted by atomic mass is 9.96. The van der Waals surface area contributed by atoms with Crippen molar-refractivity contribution in [2.75, 3.05) is 31.6 Å². The molecule has 0 aliphatic heterocycles. The predicted octanol–water partition coefficient (Wildman–Crippen LogP) is 2.88. The standard InChI is InChI=1S/C17H30N2O/c1-6-18-17(4,13-20)8-7-9-19(5)16-11-14(2)10-15(3)12-16/h10-12,18,20H,6-9,13H2,1-5H3. The number of nitrogens with one attached hydrogen (secondary N) is 1. The van der Waals surface area contributed by atoms with E-state index in [2.05, 4.69) is 63.2 Å².